The number of rotatable bonds is 3. The van der Waals surface area contributed by atoms with Crippen LogP contribution in [-0.2, 0) is 6.54 Å². The van der Waals surface area contributed by atoms with Crippen molar-refractivity contribution in [1.82, 2.24) is 20.2 Å². The number of fused-ring (bicyclic) bond motifs is 1. The summed E-state index contributed by atoms with van der Waals surface area (Å²) in [4.78, 5) is 10.7. The van der Waals surface area contributed by atoms with Crippen LogP contribution in [0.3, 0.4) is 0 Å². The van der Waals surface area contributed by atoms with Crippen LogP contribution in [0.1, 0.15) is 41.3 Å². The standard InChI is InChI=1S/C22H26N4S/c1-15-11-19-20(12-16(15)2)25-21(24-19)18-9-6-10-26(14-18)22(27)23-13-17-7-4-3-5-8-17/h3-5,7-8,11-12,18H,6,9-10,13-14H2,1-2H3,(H,23,27)(H,24,25)/t18-/m1/s1. The Labute approximate surface area is 166 Å². The fourth-order valence-corrected chi connectivity index (χ4v) is 3.99. The normalized spacial score (nSPS) is 17.3. The van der Waals surface area contributed by atoms with Gasteiger partial charge in [-0.1, -0.05) is 30.3 Å². The van der Waals surface area contributed by atoms with Gasteiger partial charge in [0.15, 0.2) is 5.11 Å². The number of hydrogen-bond acceptors (Lipinski definition) is 2. The van der Waals surface area contributed by atoms with Crippen LogP contribution in [-0.4, -0.2) is 33.1 Å². The second kappa shape index (κ2) is 7.69. The van der Waals surface area contributed by atoms with Gasteiger partial charge < -0.3 is 15.2 Å². The number of aromatic amines is 1. The topological polar surface area (TPSA) is 44.0 Å². The summed E-state index contributed by atoms with van der Waals surface area (Å²) in [5.41, 5.74) is 6.04. The lowest BCUT2D eigenvalue weighted by Gasteiger charge is -2.33. The van der Waals surface area contributed by atoms with Crippen LogP contribution in [0, 0.1) is 13.8 Å². The summed E-state index contributed by atoms with van der Waals surface area (Å²) in [7, 11) is 0. The Hall–Kier alpha value is -2.40. The van der Waals surface area contributed by atoms with Crippen LogP contribution in [0.2, 0.25) is 0 Å². The summed E-state index contributed by atoms with van der Waals surface area (Å²) in [6, 6.07) is 14.8. The second-order valence-corrected chi connectivity index (χ2v) is 7.89. The fourth-order valence-electron chi connectivity index (χ4n) is 3.75. The van der Waals surface area contributed by atoms with Crippen molar-refractivity contribution in [1.29, 1.82) is 0 Å². The Morgan fingerprint density at radius 2 is 2.00 bits per heavy atom. The lowest BCUT2D eigenvalue weighted by Crippen LogP contribution is -2.44. The fraction of sp³-hybridized carbons (Fsp3) is 0.364. The summed E-state index contributed by atoms with van der Waals surface area (Å²) < 4.78 is 0. The molecule has 2 heterocycles. The zero-order valence-corrected chi connectivity index (χ0v) is 16.8. The van der Waals surface area contributed by atoms with E-state index in [0.29, 0.717) is 5.92 Å². The molecule has 1 aliphatic rings. The number of hydrogen-bond donors (Lipinski definition) is 2. The van der Waals surface area contributed by atoms with Gasteiger partial charge in [0.05, 0.1) is 11.0 Å². The molecule has 4 nitrogen and oxygen atoms in total. The summed E-state index contributed by atoms with van der Waals surface area (Å²) in [6.45, 7) is 6.98. The Balaban J connectivity index is 1.44. The first-order chi connectivity index (χ1) is 13.1. The molecule has 0 saturated carbocycles. The molecule has 0 amide bonds. The molecule has 3 aromatic rings. The van der Waals surface area contributed by atoms with Crippen molar-refractivity contribution in [2.24, 2.45) is 0 Å². The third-order valence-electron chi connectivity index (χ3n) is 5.50. The molecule has 1 atom stereocenters. The second-order valence-electron chi connectivity index (χ2n) is 7.51. The summed E-state index contributed by atoms with van der Waals surface area (Å²) in [5.74, 6) is 1.48. The molecule has 0 unspecified atom stereocenters. The van der Waals surface area contributed by atoms with Crippen LogP contribution < -0.4 is 5.32 Å². The van der Waals surface area contributed by atoms with Crippen molar-refractivity contribution in [3.8, 4) is 0 Å². The first-order valence-corrected chi connectivity index (χ1v) is 10.0. The maximum atomic E-state index is 5.66. The number of aryl methyl sites for hydroxylation is 2. The molecule has 5 heteroatoms. The number of piperidine rings is 1. The number of nitrogens with zero attached hydrogens (tertiary/aromatic N) is 2. The maximum absolute atomic E-state index is 5.66. The lowest BCUT2D eigenvalue weighted by molar-refractivity contribution is 0.300. The molecule has 0 bridgehead atoms. The van der Waals surface area contributed by atoms with E-state index in [9.17, 15) is 0 Å². The highest BCUT2D eigenvalue weighted by Crippen LogP contribution is 2.27. The molecular formula is C22H26N4S. The predicted octanol–water partition coefficient (Wildman–Crippen LogP) is 4.43. The van der Waals surface area contributed by atoms with Gasteiger partial charge in [0.2, 0.25) is 0 Å². The third kappa shape index (κ3) is 3.98. The molecule has 1 aromatic heterocycles. The van der Waals surface area contributed by atoms with Gasteiger partial charge >= 0.3 is 0 Å². The van der Waals surface area contributed by atoms with E-state index in [1.165, 1.54) is 16.7 Å². The molecule has 0 radical (unpaired) electrons. The Bertz CT molecular complexity index is 909. The van der Waals surface area contributed by atoms with Crippen molar-refractivity contribution in [2.75, 3.05) is 13.1 Å². The first kappa shape index (κ1) is 18.0. The van der Waals surface area contributed by atoms with Crippen molar-refractivity contribution < 1.29 is 0 Å². The van der Waals surface area contributed by atoms with Crippen LogP contribution in [0.5, 0.6) is 0 Å². The molecule has 27 heavy (non-hydrogen) atoms. The Morgan fingerprint density at radius 3 is 2.81 bits per heavy atom. The van der Waals surface area contributed by atoms with Gasteiger partial charge in [-0.05, 0) is 67.7 Å². The average Bonchev–Trinajstić information content (AvgIpc) is 3.10. The summed E-state index contributed by atoms with van der Waals surface area (Å²) in [6.07, 6.45) is 2.28. The lowest BCUT2D eigenvalue weighted by atomic mass is 9.98. The van der Waals surface area contributed by atoms with Gasteiger partial charge in [-0.3, -0.25) is 0 Å². The minimum Gasteiger partial charge on any atom is -0.358 e. The van der Waals surface area contributed by atoms with E-state index in [1.54, 1.807) is 0 Å². The molecule has 0 aliphatic carbocycles. The smallest absolute Gasteiger partial charge is 0.169 e. The quantitative estimate of drug-likeness (QED) is 0.662. The van der Waals surface area contributed by atoms with Crippen molar-refractivity contribution in [2.45, 2.75) is 39.2 Å². The number of imidazole rings is 1. The molecule has 140 valence electrons. The molecule has 0 spiro atoms. The predicted molar refractivity (Wildman–Crippen MR) is 115 cm³/mol. The Kier molecular flexibility index (Phi) is 5.12. The van der Waals surface area contributed by atoms with Crippen LogP contribution in [0.15, 0.2) is 42.5 Å². The van der Waals surface area contributed by atoms with E-state index in [0.717, 1.165) is 54.4 Å². The van der Waals surface area contributed by atoms with E-state index in [1.807, 2.05) is 6.07 Å². The highest BCUT2D eigenvalue weighted by molar-refractivity contribution is 7.80. The number of H-pyrrole nitrogens is 1. The molecule has 2 aromatic carbocycles. The summed E-state index contributed by atoms with van der Waals surface area (Å²) >= 11 is 5.66. The van der Waals surface area contributed by atoms with Crippen molar-refractivity contribution in [3.63, 3.8) is 0 Å². The first-order valence-electron chi connectivity index (χ1n) is 9.64. The van der Waals surface area contributed by atoms with Crippen LogP contribution in [0.4, 0.5) is 0 Å². The number of thiocarbonyl (C=S) groups is 1. The van der Waals surface area contributed by atoms with Gasteiger partial charge in [-0.2, -0.15) is 0 Å². The van der Waals surface area contributed by atoms with E-state index in [4.69, 9.17) is 17.2 Å². The monoisotopic (exact) mass is 378 g/mol. The number of nitrogens with one attached hydrogen (secondary N) is 2. The molecule has 4 rings (SSSR count). The number of aromatic nitrogens is 2. The number of likely N-dealkylation sites (tertiary alicyclic amines) is 1. The van der Waals surface area contributed by atoms with E-state index in [-0.39, 0.29) is 0 Å². The highest BCUT2D eigenvalue weighted by atomic mass is 32.1. The molecule has 1 fully saturated rings. The summed E-state index contributed by atoms with van der Waals surface area (Å²) in [5, 5.41) is 4.25. The highest BCUT2D eigenvalue weighted by Gasteiger charge is 2.25. The zero-order valence-electron chi connectivity index (χ0n) is 16.0. The van der Waals surface area contributed by atoms with Crippen LogP contribution in [0.25, 0.3) is 11.0 Å². The van der Waals surface area contributed by atoms with E-state index >= 15 is 0 Å². The van der Waals surface area contributed by atoms with Crippen molar-refractivity contribution >= 4 is 28.4 Å². The minimum atomic E-state index is 0.392. The van der Waals surface area contributed by atoms with Gasteiger partial charge in [0.25, 0.3) is 0 Å². The average molecular weight is 379 g/mol. The molecular weight excluding hydrogens is 352 g/mol. The SMILES string of the molecule is Cc1cc2nc([C@@H]3CCCN(C(=S)NCc4ccccc4)C3)[nH]c2cc1C. The molecule has 2 N–H and O–H groups in total. The maximum Gasteiger partial charge on any atom is 0.169 e. The molecule has 1 aliphatic heterocycles. The third-order valence-corrected chi connectivity index (χ3v) is 5.90. The largest absolute Gasteiger partial charge is 0.358 e. The van der Waals surface area contributed by atoms with Gasteiger partial charge in [-0.15, -0.1) is 0 Å². The van der Waals surface area contributed by atoms with Gasteiger partial charge in [0.1, 0.15) is 5.82 Å². The van der Waals surface area contributed by atoms with Crippen LogP contribution >= 0.6 is 12.2 Å². The van der Waals surface area contributed by atoms with E-state index in [2.05, 4.69) is 65.4 Å². The van der Waals surface area contributed by atoms with Gasteiger partial charge in [0, 0.05) is 25.6 Å². The zero-order chi connectivity index (χ0) is 18.8. The van der Waals surface area contributed by atoms with E-state index < -0.39 is 0 Å². The molecule has 1 saturated heterocycles. The Morgan fingerprint density at radius 1 is 1.22 bits per heavy atom. The minimum absolute atomic E-state index is 0.392. The van der Waals surface area contributed by atoms with Crippen molar-refractivity contribution in [3.05, 3.63) is 65.0 Å². The van der Waals surface area contributed by atoms with Gasteiger partial charge in [-0.25, -0.2) is 4.98 Å². The number of benzene rings is 2.